The zero-order valence-corrected chi connectivity index (χ0v) is 16.1. The summed E-state index contributed by atoms with van der Waals surface area (Å²) in [6, 6.07) is 15.1. The van der Waals surface area contributed by atoms with Crippen molar-refractivity contribution in [2.24, 2.45) is 0 Å². The average Bonchev–Trinajstić information content (AvgIpc) is 3.10. The molecule has 0 saturated heterocycles. The summed E-state index contributed by atoms with van der Waals surface area (Å²) in [5, 5.41) is 0.783. The molecule has 0 amide bonds. The minimum absolute atomic E-state index is 0.457. The first-order chi connectivity index (χ1) is 11.7. The third kappa shape index (κ3) is 5.73. The van der Waals surface area contributed by atoms with E-state index in [0.717, 1.165) is 27.4 Å². The standard InChI is InChI=1S/C16H11ClFNS.2C2H6/c17-14-4-2-1-3-11(14)9-13-6-7-15(20-13)12-5-8-16(18)19-10-12;2*1-2/h1-8,10H,9H2;2*1-2H3. The number of pyridine rings is 1. The Morgan fingerprint density at radius 1 is 0.958 bits per heavy atom. The number of halogens is 2. The maximum atomic E-state index is 12.8. The normalized spacial score (nSPS) is 9.42. The minimum atomic E-state index is -0.457. The summed E-state index contributed by atoms with van der Waals surface area (Å²) in [4.78, 5) is 5.98. The smallest absolute Gasteiger partial charge is 0.212 e. The van der Waals surface area contributed by atoms with E-state index in [2.05, 4.69) is 11.1 Å². The molecule has 0 bridgehead atoms. The molecule has 0 fully saturated rings. The molecule has 1 nitrogen and oxygen atoms in total. The van der Waals surface area contributed by atoms with Crippen LogP contribution >= 0.6 is 22.9 Å². The molecule has 0 aliphatic rings. The molecule has 4 heteroatoms. The van der Waals surface area contributed by atoms with Gasteiger partial charge in [-0.15, -0.1) is 11.3 Å². The maximum Gasteiger partial charge on any atom is 0.212 e. The molecule has 0 atom stereocenters. The second-order valence-corrected chi connectivity index (χ2v) is 5.98. The number of hydrogen-bond acceptors (Lipinski definition) is 2. The Kier molecular flexibility index (Phi) is 9.28. The molecule has 3 aromatic rings. The van der Waals surface area contributed by atoms with Gasteiger partial charge >= 0.3 is 0 Å². The molecule has 24 heavy (non-hydrogen) atoms. The number of aromatic nitrogens is 1. The van der Waals surface area contributed by atoms with Gasteiger partial charge in [-0.3, -0.25) is 0 Å². The summed E-state index contributed by atoms with van der Waals surface area (Å²) in [6.45, 7) is 8.00. The number of rotatable bonds is 3. The van der Waals surface area contributed by atoms with Crippen LogP contribution < -0.4 is 0 Å². The van der Waals surface area contributed by atoms with E-state index in [4.69, 9.17) is 11.6 Å². The molecule has 0 aliphatic carbocycles. The van der Waals surface area contributed by atoms with Gasteiger partial charge in [0.15, 0.2) is 0 Å². The molecule has 128 valence electrons. The Morgan fingerprint density at radius 2 is 1.67 bits per heavy atom. The summed E-state index contributed by atoms with van der Waals surface area (Å²) in [5.41, 5.74) is 2.04. The van der Waals surface area contributed by atoms with E-state index >= 15 is 0 Å². The van der Waals surface area contributed by atoms with Crippen molar-refractivity contribution in [1.29, 1.82) is 0 Å². The van der Waals surface area contributed by atoms with E-state index in [-0.39, 0.29) is 0 Å². The Hall–Kier alpha value is -1.71. The summed E-state index contributed by atoms with van der Waals surface area (Å²) in [7, 11) is 0. The van der Waals surface area contributed by atoms with E-state index in [1.807, 2.05) is 58.0 Å². The summed E-state index contributed by atoms with van der Waals surface area (Å²) in [6.07, 6.45) is 2.36. The van der Waals surface area contributed by atoms with Gasteiger partial charge in [-0.05, 0) is 35.9 Å². The van der Waals surface area contributed by atoms with Crippen LogP contribution in [0.4, 0.5) is 4.39 Å². The first kappa shape index (κ1) is 20.3. The molecular formula is C20H23ClFNS. The molecule has 0 unspecified atom stereocenters. The molecule has 3 rings (SSSR count). The van der Waals surface area contributed by atoms with Gasteiger partial charge in [0.1, 0.15) is 0 Å². The van der Waals surface area contributed by atoms with Crippen LogP contribution in [0, 0.1) is 5.95 Å². The Morgan fingerprint density at radius 3 is 2.29 bits per heavy atom. The van der Waals surface area contributed by atoms with Crippen molar-refractivity contribution in [1.82, 2.24) is 4.98 Å². The summed E-state index contributed by atoms with van der Waals surface area (Å²) in [5.74, 6) is -0.457. The lowest BCUT2D eigenvalue weighted by atomic mass is 10.1. The highest BCUT2D eigenvalue weighted by molar-refractivity contribution is 7.15. The maximum absolute atomic E-state index is 12.8. The van der Waals surface area contributed by atoms with Crippen LogP contribution in [-0.2, 0) is 6.42 Å². The van der Waals surface area contributed by atoms with E-state index in [9.17, 15) is 4.39 Å². The molecule has 0 saturated carbocycles. The van der Waals surface area contributed by atoms with Crippen molar-refractivity contribution in [2.45, 2.75) is 34.1 Å². The van der Waals surface area contributed by atoms with E-state index in [0.29, 0.717) is 0 Å². The fourth-order valence-electron chi connectivity index (χ4n) is 1.98. The van der Waals surface area contributed by atoms with Crippen molar-refractivity contribution in [3.8, 4) is 10.4 Å². The van der Waals surface area contributed by atoms with E-state index in [1.165, 1.54) is 10.9 Å². The average molecular weight is 364 g/mol. The van der Waals surface area contributed by atoms with Gasteiger partial charge in [0.05, 0.1) is 0 Å². The Bertz CT molecular complexity index is 723. The van der Waals surface area contributed by atoms with Crippen LogP contribution in [0.2, 0.25) is 5.02 Å². The van der Waals surface area contributed by atoms with Gasteiger partial charge < -0.3 is 0 Å². The molecule has 2 heterocycles. The van der Waals surface area contributed by atoms with Crippen molar-refractivity contribution in [2.75, 3.05) is 0 Å². The lowest BCUT2D eigenvalue weighted by Gasteiger charge is -2.01. The second-order valence-electron chi connectivity index (χ2n) is 4.40. The van der Waals surface area contributed by atoms with Gasteiger partial charge in [0.25, 0.3) is 0 Å². The molecule has 0 aliphatic heterocycles. The van der Waals surface area contributed by atoms with Crippen LogP contribution in [0.1, 0.15) is 38.1 Å². The van der Waals surface area contributed by atoms with E-state index in [1.54, 1.807) is 23.6 Å². The first-order valence-electron chi connectivity index (χ1n) is 8.16. The quantitative estimate of drug-likeness (QED) is 0.446. The molecule has 0 spiro atoms. The molecule has 1 aromatic carbocycles. The van der Waals surface area contributed by atoms with Crippen LogP contribution in [0.5, 0.6) is 0 Å². The van der Waals surface area contributed by atoms with Crippen LogP contribution in [0.3, 0.4) is 0 Å². The highest BCUT2D eigenvalue weighted by atomic mass is 35.5. The number of hydrogen-bond donors (Lipinski definition) is 0. The summed E-state index contributed by atoms with van der Waals surface area (Å²) < 4.78 is 12.8. The van der Waals surface area contributed by atoms with Crippen molar-refractivity contribution < 1.29 is 4.39 Å². The van der Waals surface area contributed by atoms with Crippen LogP contribution in [0.15, 0.2) is 54.7 Å². The minimum Gasteiger partial charge on any atom is -0.228 e. The SMILES string of the molecule is CC.CC.Fc1ccc(-c2ccc(Cc3ccccc3Cl)s2)cn1. The number of nitrogens with zero attached hydrogens (tertiary/aromatic N) is 1. The topological polar surface area (TPSA) is 12.9 Å². The Labute approximate surface area is 153 Å². The van der Waals surface area contributed by atoms with Crippen LogP contribution in [-0.4, -0.2) is 4.98 Å². The largest absolute Gasteiger partial charge is 0.228 e. The van der Waals surface area contributed by atoms with Gasteiger partial charge in [-0.1, -0.05) is 57.5 Å². The fraction of sp³-hybridized carbons (Fsp3) is 0.250. The van der Waals surface area contributed by atoms with Gasteiger partial charge in [0, 0.05) is 33.0 Å². The van der Waals surface area contributed by atoms with Gasteiger partial charge in [-0.25, -0.2) is 4.98 Å². The highest BCUT2D eigenvalue weighted by Crippen LogP contribution is 2.30. The molecule has 2 aromatic heterocycles. The van der Waals surface area contributed by atoms with E-state index < -0.39 is 5.95 Å². The highest BCUT2D eigenvalue weighted by Gasteiger charge is 2.06. The molecule has 0 N–H and O–H groups in total. The fourth-order valence-corrected chi connectivity index (χ4v) is 3.20. The lowest BCUT2D eigenvalue weighted by molar-refractivity contribution is 0.584. The second kappa shape index (κ2) is 11.0. The molecular weight excluding hydrogens is 341 g/mol. The predicted molar refractivity (Wildman–Crippen MR) is 104 cm³/mol. The van der Waals surface area contributed by atoms with Crippen molar-refractivity contribution in [3.05, 3.63) is 76.1 Å². The first-order valence-corrected chi connectivity index (χ1v) is 9.36. The lowest BCUT2D eigenvalue weighted by Crippen LogP contribution is -1.84. The Balaban J connectivity index is 0.000000671. The van der Waals surface area contributed by atoms with Crippen molar-refractivity contribution in [3.63, 3.8) is 0 Å². The zero-order chi connectivity index (χ0) is 17.9. The predicted octanol–water partition coefficient (Wildman–Crippen LogP) is 7.25. The van der Waals surface area contributed by atoms with Gasteiger partial charge in [-0.2, -0.15) is 4.39 Å². The third-order valence-corrected chi connectivity index (χ3v) is 4.50. The van der Waals surface area contributed by atoms with Crippen molar-refractivity contribution >= 4 is 22.9 Å². The number of benzene rings is 1. The monoisotopic (exact) mass is 363 g/mol. The zero-order valence-electron chi connectivity index (χ0n) is 14.5. The number of thiophene rings is 1. The summed E-state index contributed by atoms with van der Waals surface area (Å²) >= 11 is 7.84. The molecule has 0 radical (unpaired) electrons. The van der Waals surface area contributed by atoms with Crippen LogP contribution in [0.25, 0.3) is 10.4 Å². The third-order valence-electron chi connectivity index (χ3n) is 3.00. The van der Waals surface area contributed by atoms with Gasteiger partial charge in [0.2, 0.25) is 5.95 Å².